The summed E-state index contributed by atoms with van der Waals surface area (Å²) in [6, 6.07) is 8.69. The summed E-state index contributed by atoms with van der Waals surface area (Å²) >= 11 is 0. The van der Waals surface area contributed by atoms with Gasteiger partial charge >= 0.3 is 5.97 Å². The molecule has 0 radical (unpaired) electrons. The quantitative estimate of drug-likeness (QED) is 0.834. The molecule has 0 spiro atoms. The zero-order chi connectivity index (χ0) is 16.1. The second-order valence-corrected chi connectivity index (χ2v) is 5.32. The number of carboxylic acid groups (broad SMARTS) is 1. The number of carbonyl (C=O) groups is 2. The molecule has 1 heterocycles. The van der Waals surface area contributed by atoms with E-state index in [1.165, 1.54) is 10.9 Å². The molecule has 116 valence electrons. The number of carbonyl (C=O) groups excluding carboxylic acids is 1. The molecule has 0 fully saturated rings. The molecule has 1 atom stereocenters. The summed E-state index contributed by atoms with van der Waals surface area (Å²) in [5.41, 5.74) is 1.13. The molecule has 0 aliphatic heterocycles. The molecule has 0 saturated carbocycles. The van der Waals surface area contributed by atoms with Crippen molar-refractivity contribution in [3.8, 4) is 0 Å². The molecular weight excluding hydrogens is 284 g/mol. The van der Waals surface area contributed by atoms with Gasteiger partial charge in [0.15, 0.2) is 5.69 Å². The van der Waals surface area contributed by atoms with Crippen LogP contribution in [-0.2, 0) is 11.3 Å². The number of benzene rings is 1. The highest BCUT2D eigenvalue weighted by Crippen LogP contribution is 2.05. The molecule has 0 bridgehead atoms. The molecule has 1 aromatic heterocycles. The van der Waals surface area contributed by atoms with E-state index in [2.05, 4.69) is 15.6 Å². The number of aromatic nitrogens is 3. The predicted octanol–water partition coefficient (Wildman–Crippen LogP) is 1.17. The molecule has 7 nitrogen and oxygen atoms in total. The molecule has 0 saturated heterocycles. The first-order chi connectivity index (χ1) is 10.5. The van der Waals surface area contributed by atoms with Gasteiger partial charge in [-0.3, -0.25) is 4.79 Å². The number of nitrogens with one attached hydrogen (secondary N) is 1. The number of aliphatic carboxylic acids is 1. The fraction of sp³-hybridized carbons (Fsp3) is 0.333. The molecule has 2 N–H and O–H groups in total. The minimum atomic E-state index is -1.07. The Balaban J connectivity index is 2.04. The van der Waals surface area contributed by atoms with E-state index in [1.807, 2.05) is 30.3 Å². The number of amides is 1. The van der Waals surface area contributed by atoms with E-state index < -0.39 is 17.9 Å². The van der Waals surface area contributed by atoms with Gasteiger partial charge in [-0.2, -0.15) is 0 Å². The highest BCUT2D eigenvalue weighted by atomic mass is 16.4. The van der Waals surface area contributed by atoms with Crippen LogP contribution in [0.25, 0.3) is 0 Å². The van der Waals surface area contributed by atoms with Crippen molar-refractivity contribution in [2.45, 2.75) is 26.4 Å². The van der Waals surface area contributed by atoms with E-state index >= 15 is 0 Å². The molecule has 1 unspecified atom stereocenters. The largest absolute Gasteiger partial charge is 0.480 e. The molecule has 0 aliphatic rings. The van der Waals surface area contributed by atoms with Gasteiger partial charge in [0, 0.05) is 0 Å². The van der Waals surface area contributed by atoms with Crippen LogP contribution < -0.4 is 5.32 Å². The van der Waals surface area contributed by atoms with E-state index in [1.54, 1.807) is 13.8 Å². The molecule has 0 aliphatic carbocycles. The molecule has 2 aromatic rings. The highest BCUT2D eigenvalue weighted by Gasteiger charge is 2.25. The Hall–Kier alpha value is -2.70. The maximum atomic E-state index is 12.0. The maximum Gasteiger partial charge on any atom is 0.326 e. The lowest BCUT2D eigenvalue weighted by Crippen LogP contribution is -2.44. The summed E-state index contributed by atoms with van der Waals surface area (Å²) in [6.07, 6.45) is 1.50. The second kappa shape index (κ2) is 6.84. The smallest absolute Gasteiger partial charge is 0.326 e. The van der Waals surface area contributed by atoms with Crippen molar-refractivity contribution in [2.75, 3.05) is 0 Å². The van der Waals surface area contributed by atoms with E-state index in [9.17, 15) is 9.59 Å². The first-order valence-electron chi connectivity index (χ1n) is 6.95. The Bertz CT molecular complexity index is 652. The number of rotatable bonds is 6. The Morgan fingerprint density at radius 1 is 1.27 bits per heavy atom. The van der Waals surface area contributed by atoms with Gasteiger partial charge in [-0.25, -0.2) is 9.48 Å². The van der Waals surface area contributed by atoms with Gasteiger partial charge in [-0.1, -0.05) is 49.4 Å². The van der Waals surface area contributed by atoms with Crippen molar-refractivity contribution < 1.29 is 14.7 Å². The molecule has 2 rings (SSSR count). The van der Waals surface area contributed by atoms with Gasteiger partial charge in [0.05, 0.1) is 12.7 Å². The normalized spacial score (nSPS) is 12.1. The van der Waals surface area contributed by atoms with Crippen molar-refractivity contribution in [1.82, 2.24) is 20.3 Å². The summed E-state index contributed by atoms with van der Waals surface area (Å²) < 4.78 is 1.54. The predicted molar refractivity (Wildman–Crippen MR) is 79.3 cm³/mol. The zero-order valence-electron chi connectivity index (χ0n) is 12.4. The van der Waals surface area contributed by atoms with E-state index in [0.29, 0.717) is 6.54 Å². The SMILES string of the molecule is CC(C)C(NC(=O)c1cn(Cc2ccccc2)nn1)C(=O)O. The van der Waals surface area contributed by atoms with Gasteiger partial charge in [-0.05, 0) is 11.5 Å². The van der Waals surface area contributed by atoms with Crippen molar-refractivity contribution in [3.63, 3.8) is 0 Å². The van der Waals surface area contributed by atoms with Crippen LogP contribution in [0.2, 0.25) is 0 Å². The van der Waals surface area contributed by atoms with Crippen LogP contribution >= 0.6 is 0 Å². The molecule has 22 heavy (non-hydrogen) atoms. The van der Waals surface area contributed by atoms with Crippen LogP contribution in [0.3, 0.4) is 0 Å². The van der Waals surface area contributed by atoms with Crippen LogP contribution in [0.15, 0.2) is 36.5 Å². The van der Waals surface area contributed by atoms with Gasteiger partial charge in [0.1, 0.15) is 6.04 Å². The third kappa shape index (κ3) is 3.91. The fourth-order valence-corrected chi connectivity index (χ4v) is 1.98. The minimum absolute atomic E-state index is 0.0998. The number of hydrogen-bond acceptors (Lipinski definition) is 4. The van der Waals surface area contributed by atoms with Crippen molar-refractivity contribution in [2.24, 2.45) is 5.92 Å². The fourth-order valence-electron chi connectivity index (χ4n) is 1.98. The van der Waals surface area contributed by atoms with Crippen LogP contribution in [0.5, 0.6) is 0 Å². The van der Waals surface area contributed by atoms with Gasteiger partial charge < -0.3 is 10.4 Å². The first kappa shape index (κ1) is 15.7. The summed E-state index contributed by atoms with van der Waals surface area (Å²) in [5, 5.41) is 19.2. The Morgan fingerprint density at radius 2 is 1.95 bits per heavy atom. The third-order valence-electron chi connectivity index (χ3n) is 3.18. The monoisotopic (exact) mass is 302 g/mol. The van der Waals surface area contributed by atoms with E-state index in [0.717, 1.165) is 5.56 Å². The van der Waals surface area contributed by atoms with Crippen molar-refractivity contribution in [3.05, 3.63) is 47.8 Å². The van der Waals surface area contributed by atoms with E-state index in [4.69, 9.17) is 5.11 Å². The van der Waals surface area contributed by atoms with Gasteiger partial charge in [0.25, 0.3) is 5.91 Å². The maximum absolute atomic E-state index is 12.0. The first-order valence-corrected chi connectivity index (χ1v) is 6.95. The zero-order valence-corrected chi connectivity index (χ0v) is 12.4. The summed E-state index contributed by atoms with van der Waals surface area (Å²) in [7, 11) is 0. The summed E-state index contributed by atoms with van der Waals surface area (Å²) in [4.78, 5) is 23.1. The number of nitrogens with zero attached hydrogens (tertiary/aromatic N) is 3. The molecule has 1 aromatic carbocycles. The highest BCUT2D eigenvalue weighted by molar-refractivity contribution is 5.94. The number of hydrogen-bond donors (Lipinski definition) is 2. The summed E-state index contributed by atoms with van der Waals surface area (Å²) in [6.45, 7) is 3.95. The average Bonchev–Trinajstić information content (AvgIpc) is 2.93. The second-order valence-electron chi connectivity index (χ2n) is 5.32. The molecule has 1 amide bonds. The van der Waals surface area contributed by atoms with E-state index in [-0.39, 0.29) is 11.6 Å². The topological polar surface area (TPSA) is 97.1 Å². The van der Waals surface area contributed by atoms with Gasteiger partial charge in [0.2, 0.25) is 0 Å². The molecular formula is C15H18N4O3. The van der Waals surface area contributed by atoms with Crippen molar-refractivity contribution in [1.29, 1.82) is 0 Å². The lowest BCUT2D eigenvalue weighted by molar-refractivity contribution is -0.140. The van der Waals surface area contributed by atoms with Crippen molar-refractivity contribution >= 4 is 11.9 Å². The van der Waals surface area contributed by atoms with Crippen LogP contribution in [0.4, 0.5) is 0 Å². The Kier molecular flexibility index (Phi) is 4.88. The number of carboxylic acids is 1. The lowest BCUT2D eigenvalue weighted by Gasteiger charge is -2.16. The minimum Gasteiger partial charge on any atom is -0.480 e. The Morgan fingerprint density at radius 3 is 2.55 bits per heavy atom. The lowest BCUT2D eigenvalue weighted by atomic mass is 10.0. The van der Waals surface area contributed by atoms with Crippen LogP contribution in [0.1, 0.15) is 29.9 Å². The van der Waals surface area contributed by atoms with Gasteiger partial charge in [-0.15, -0.1) is 5.10 Å². The molecule has 7 heteroatoms. The Labute approximate surface area is 128 Å². The average molecular weight is 302 g/mol. The van der Waals surface area contributed by atoms with Crippen LogP contribution in [0, 0.1) is 5.92 Å². The standard InChI is InChI=1S/C15H18N4O3/c1-10(2)13(15(21)22)16-14(20)12-9-19(18-17-12)8-11-6-4-3-5-7-11/h3-7,9-10,13H,8H2,1-2H3,(H,16,20)(H,21,22). The summed E-state index contributed by atoms with van der Waals surface area (Å²) in [5.74, 6) is -1.83. The third-order valence-corrected chi connectivity index (χ3v) is 3.18. The van der Waals surface area contributed by atoms with Crippen LogP contribution in [-0.4, -0.2) is 38.0 Å².